The van der Waals surface area contributed by atoms with E-state index in [1.807, 2.05) is 0 Å². The van der Waals surface area contributed by atoms with Gasteiger partial charge in [-0.3, -0.25) is 4.79 Å². The summed E-state index contributed by atoms with van der Waals surface area (Å²) in [4.78, 5) is 21.0. The van der Waals surface area contributed by atoms with Crippen LogP contribution in [0.2, 0.25) is 0 Å². The van der Waals surface area contributed by atoms with E-state index >= 15 is 0 Å². The summed E-state index contributed by atoms with van der Waals surface area (Å²) >= 11 is 0. The van der Waals surface area contributed by atoms with Crippen molar-refractivity contribution in [3.8, 4) is 0 Å². The van der Waals surface area contributed by atoms with E-state index in [2.05, 4.69) is 4.74 Å². The molecule has 1 aliphatic heterocycles. The molecular formula is C6H8O7. The highest BCUT2D eigenvalue weighted by molar-refractivity contribution is 5.86. The lowest BCUT2D eigenvalue weighted by molar-refractivity contribution is -0.302. The molecule has 7 heteroatoms. The Balaban J connectivity index is 2.81. The minimum Gasteiger partial charge on any atom is -0.481 e. The number of carboxylic acid groups (broad SMARTS) is 1. The number of esters is 1. The normalized spacial score (nSPS) is 31.5. The van der Waals surface area contributed by atoms with Gasteiger partial charge in [0, 0.05) is 0 Å². The average Bonchev–Trinajstić information content (AvgIpc) is 1.98. The number of rotatable bonds is 2. The highest BCUT2D eigenvalue weighted by Crippen LogP contribution is 2.32. The first-order chi connectivity index (χ1) is 5.75. The van der Waals surface area contributed by atoms with Crippen LogP contribution in [0.5, 0.6) is 0 Å². The molecule has 0 aromatic carbocycles. The number of carboxylic acids is 1. The minimum absolute atomic E-state index is 0.870. The molecule has 0 amide bonds. The first-order valence-corrected chi connectivity index (χ1v) is 3.38. The van der Waals surface area contributed by atoms with Crippen molar-refractivity contribution in [3.05, 3.63) is 0 Å². The van der Waals surface area contributed by atoms with Gasteiger partial charge in [0.05, 0.1) is 12.8 Å². The lowest BCUT2D eigenvalue weighted by atomic mass is 9.97. The first-order valence-electron chi connectivity index (χ1n) is 3.38. The minimum atomic E-state index is -2.78. The van der Waals surface area contributed by atoms with Crippen LogP contribution in [0.4, 0.5) is 0 Å². The summed E-state index contributed by atoms with van der Waals surface area (Å²) in [5.41, 5.74) is -2.35. The van der Waals surface area contributed by atoms with Crippen molar-refractivity contribution in [1.29, 1.82) is 0 Å². The standard InChI is InChI=1S/C6H8O7/c7-3(8)1-5(10)2-6(11,12)13-4(5)9/h10-12H,1-2H2,(H,7,8)/t5-/m1/s1. The number of ether oxygens (including phenoxy) is 1. The van der Waals surface area contributed by atoms with Crippen molar-refractivity contribution in [1.82, 2.24) is 0 Å². The molecule has 1 rings (SSSR count). The van der Waals surface area contributed by atoms with Crippen LogP contribution in [0.3, 0.4) is 0 Å². The van der Waals surface area contributed by atoms with Gasteiger partial charge in [-0.2, -0.15) is 0 Å². The molecule has 1 heterocycles. The predicted octanol–water partition coefficient (Wildman–Crippen LogP) is -2.22. The predicted molar refractivity (Wildman–Crippen MR) is 35.1 cm³/mol. The van der Waals surface area contributed by atoms with E-state index in [9.17, 15) is 14.7 Å². The van der Waals surface area contributed by atoms with E-state index in [0.29, 0.717) is 0 Å². The van der Waals surface area contributed by atoms with Gasteiger partial charge < -0.3 is 25.2 Å². The molecule has 0 radical (unpaired) electrons. The molecule has 0 spiro atoms. The number of carbonyl (C=O) groups excluding carboxylic acids is 1. The molecule has 1 aliphatic rings. The van der Waals surface area contributed by atoms with Gasteiger partial charge in [0.15, 0.2) is 5.60 Å². The second kappa shape index (κ2) is 2.66. The van der Waals surface area contributed by atoms with Gasteiger partial charge >= 0.3 is 17.9 Å². The molecule has 7 nitrogen and oxygen atoms in total. The largest absolute Gasteiger partial charge is 0.481 e. The first kappa shape index (κ1) is 9.90. The monoisotopic (exact) mass is 192 g/mol. The molecule has 74 valence electrons. The summed E-state index contributed by atoms with van der Waals surface area (Å²) < 4.78 is 3.92. The lowest BCUT2D eigenvalue weighted by Gasteiger charge is -2.14. The summed E-state index contributed by atoms with van der Waals surface area (Å²) in [5, 5.41) is 35.1. The summed E-state index contributed by atoms with van der Waals surface area (Å²) in [7, 11) is 0. The van der Waals surface area contributed by atoms with Gasteiger partial charge in [-0.25, -0.2) is 4.79 Å². The van der Waals surface area contributed by atoms with Crippen molar-refractivity contribution in [2.45, 2.75) is 24.4 Å². The molecule has 0 aromatic rings. The van der Waals surface area contributed by atoms with Crippen molar-refractivity contribution >= 4 is 11.9 Å². The number of hydrogen-bond donors (Lipinski definition) is 4. The maximum Gasteiger partial charge on any atom is 0.343 e. The third-order valence-corrected chi connectivity index (χ3v) is 1.60. The maximum atomic E-state index is 10.8. The molecule has 0 aliphatic carbocycles. The Hall–Kier alpha value is -1.18. The molecule has 0 saturated carbocycles. The van der Waals surface area contributed by atoms with Gasteiger partial charge in [0.25, 0.3) is 0 Å². The Kier molecular flexibility index (Phi) is 2.02. The molecule has 13 heavy (non-hydrogen) atoms. The zero-order chi connectivity index (χ0) is 10.3. The zero-order valence-electron chi connectivity index (χ0n) is 6.43. The summed E-state index contributed by atoms with van der Waals surface area (Å²) in [5.74, 6) is -5.56. The van der Waals surface area contributed by atoms with E-state index in [0.717, 1.165) is 0 Å². The highest BCUT2D eigenvalue weighted by Gasteiger charge is 2.56. The van der Waals surface area contributed by atoms with Gasteiger partial charge in [0.1, 0.15) is 0 Å². The Morgan fingerprint density at radius 1 is 1.46 bits per heavy atom. The van der Waals surface area contributed by atoms with Crippen molar-refractivity contribution in [2.75, 3.05) is 0 Å². The topological polar surface area (TPSA) is 124 Å². The van der Waals surface area contributed by atoms with Crippen LogP contribution >= 0.6 is 0 Å². The average molecular weight is 192 g/mol. The van der Waals surface area contributed by atoms with E-state index < -0.39 is 36.4 Å². The van der Waals surface area contributed by atoms with Gasteiger partial charge in [-0.05, 0) is 0 Å². The Morgan fingerprint density at radius 2 is 2.00 bits per heavy atom. The second-order valence-corrected chi connectivity index (χ2v) is 2.91. The second-order valence-electron chi connectivity index (χ2n) is 2.91. The van der Waals surface area contributed by atoms with Crippen LogP contribution < -0.4 is 0 Å². The van der Waals surface area contributed by atoms with Crippen LogP contribution in [-0.4, -0.2) is 43.9 Å². The molecule has 1 saturated heterocycles. The highest BCUT2D eigenvalue weighted by atomic mass is 16.8. The Labute approximate surface area is 72.2 Å². The quantitative estimate of drug-likeness (QED) is 0.288. The number of cyclic esters (lactones) is 1. The lowest BCUT2D eigenvalue weighted by Crippen LogP contribution is -2.37. The fraction of sp³-hybridized carbons (Fsp3) is 0.667. The van der Waals surface area contributed by atoms with Crippen molar-refractivity contribution in [3.63, 3.8) is 0 Å². The third kappa shape index (κ3) is 1.94. The Morgan fingerprint density at radius 3 is 2.31 bits per heavy atom. The molecular weight excluding hydrogens is 184 g/mol. The van der Waals surface area contributed by atoms with Crippen LogP contribution in [0.25, 0.3) is 0 Å². The molecule has 0 unspecified atom stereocenters. The molecule has 0 bridgehead atoms. The summed E-state index contributed by atoms with van der Waals surface area (Å²) in [6, 6.07) is 0. The zero-order valence-corrected chi connectivity index (χ0v) is 6.43. The molecule has 4 N–H and O–H groups in total. The molecule has 1 atom stereocenters. The van der Waals surface area contributed by atoms with Gasteiger partial charge in [-0.15, -0.1) is 0 Å². The number of hydrogen-bond acceptors (Lipinski definition) is 6. The SMILES string of the molecule is O=C(O)C[C@@]1(O)CC(O)(O)OC1=O. The van der Waals surface area contributed by atoms with Crippen LogP contribution in [0.15, 0.2) is 0 Å². The van der Waals surface area contributed by atoms with Crippen LogP contribution in [0.1, 0.15) is 12.8 Å². The van der Waals surface area contributed by atoms with E-state index in [1.54, 1.807) is 0 Å². The van der Waals surface area contributed by atoms with Crippen LogP contribution in [0, 0.1) is 0 Å². The molecule has 1 fully saturated rings. The third-order valence-electron chi connectivity index (χ3n) is 1.60. The smallest absolute Gasteiger partial charge is 0.343 e. The maximum absolute atomic E-state index is 10.8. The fourth-order valence-electron chi connectivity index (χ4n) is 1.12. The Bertz CT molecular complexity index is 258. The van der Waals surface area contributed by atoms with E-state index in [1.165, 1.54) is 0 Å². The fourth-order valence-corrected chi connectivity index (χ4v) is 1.12. The number of aliphatic hydroxyl groups is 3. The van der Waals surface area contributed by atoms with Gasteiger partial charge in [0.2, 0.25) is 0 Å². The molecule has 0 aromatic heterocycles. The van der Waals surface area contributed by atoms with Crippen molar-refractivity contribution in [2.24, 2.45) is 0 Å². The summed E-state index contributed by atoms with van der Waals surface area (Å²) in [6.07, 6.45) is -1.79. The van der Waals surface area contributed by atoms with E-state index in [-0.39, 0.29) is 0 Å². The van der Waals surface area contributed by atoms with E-state index in [4.69, 9.17) is 15.3 Å². The number of aliphatic carboxylic acids is 1. The summed E-state index contributed by atoms with van der Waals surface area (Å²) in [6.45, 7) is 0. The number of carbonyl (C=O) groups is 2. The van der Waals surface area contributed by atoms with Crippen molar-refractivity contribution < 1.29 is 34.8 Å². The van der Waals surface area contributed by atoms with Crippen LogP contribution in [-0.2, 0) is 14.3 Å². The van der Waals surface area contributed by atoms with Gasteiger partial charge in [-0.1, -0.05) is 0 Å².